The van der Waals surface area contributed by atoms with Crippen molar-refractivity contribution in [2.45, 2.75) is 19.4 Å². The number of aryl methyl sites for hydroxylation is 1. The third-order valence-electron chi connectivity index (χ3n) is 2.67. The second-order valence-electron chi connectivity index (χ2n) is 3.72. The Balaban J connectivity index is 2.65. The van der Waals surface area contributed by atoms with Gasteiger partial charge in [0.15, 0.2) is 0 Å². The van der Waals surface area contributed by atoms with E-state index in [-0.39, 0.29) is 11.6 Å². The van der Waals surface area contributed by atoms with Gasteiger partial charge in [0, 0.05) is 18.0 Å². The summed E-state index contributed by atoms with van der Waals surface area (Å²) < 4.78 is 5.47. The van der Waals surface area contributed by atoms with Crippen LogP contribution >= 0.6 is 0 Å². The van der Waals surface area contributed by atoms with E-state index < -0.39 is 5.97 Å². The summed E-state index contributed by atoms with van der Waals surface area (Å²) >= 11 is 0. The highest BCUT2D eigenvalue weighted by molar-refractivity contribution is 5.90. The topological polar surface area (TPSA) is 72.5 Å². The van der Waals surface area contributed by atoms with Crippen molar-refractivity contribution < 1.29 is 14.6 Å². The van der Waals surface area contributed by atoms with Gasteiger partial charge in [-0.25, -0.2) is 4.79 Å². The minimum Gasteiger partial charge on any atom is -0.493 e. The number of rotatable bonds is 1. The Morgan fingerprint density at radius 2 is 2.33 bits per heavy atom. The largest absolute Gasteiger partial charge is 0.493 e. The highest BCUT2D eigenvalue weighted by atomic mass is 16.5. The van der Waals surface area contributed by atoms with Gasteiger partial charge >= 0.3 is 5.97 Å². The summed E-state index contributed by atoms with van der Waals surface area (Å²) in [4.78, 5) is 11.0. The highest BCUT2D eigenvalue weighted by Gasteiger charge is 2.25. The molecule has 2 rings (SSSR count). The molecule has 0 spiro atoms. The van der Waals surface area contributed by atoms with Crippen molar-refractivity contribution in [2.75, 3.05) is 6.61 Å². The van der Waals surface area contributed by atoms with Crippen LogP contribution in [0.2, 0.25) is 0 Å². The Morgan fingerprint density at radius 1 is 1.60 bits per heavy atom. The third kappa shape index (κ3) is 1.57. The molecule has 1 aromatic carbocycles. The van der Waals surface area contributed by atoms with Crippen molar-refractivity contribution in [3.8, 4) is 5.75 Å². The first-order valence-electron chi connectivity index (χ1n) is 4.86. The van der Waals surface area contributed by atoms with Crippen LogP contribution in [0.15, 0.2) is 12.1 Å². The van der Waals surface area contributed by atoms with Crippen LogP contribution in [0.1, 0.15) is 33.9 Å². The Bertz CT molecular complexity index is 415. The summed E-state index contributed by atoms with van der Waals surface area (Å²) in [6, 6.07) is 3.10. The fourth-order valence-electron chi connectivity index (χ4n) is 1.89. The molecule has 15 heavy (non-hydrogen) atoms. The van der Waals surface area contributed by atoms with E-state index in [1.165, 1.54) is 0 Å². The van der Waals surface area contributed by atoms with Crippen LogP contribution < -0.4 is 10.5 Å². The number of fused-ring (bicyclic) bond motifs is 1. The maximum atomic E-state index is 11.0. The fraction of sp³-hybridized carbons (Fsp3) is 0.364. The van der Waals surface area contributed by atoms with Crippen molar-refractivity contribution in [3.05, 3.63) is 28.8 Å². The molecule has 0 saturated carbocycles. The predicted octanol–water partition coefficient (Wildman–Crippen LogP) is 1.48. The zero-order valence-electron chi connectivity index (χ0n) is 8.49. The van der Waals surface area contributed by atoms with Gasteiger partial charge in [-0.2, -0.15) is 0 Å². The van der Waals surface area contributed by atoms with Gasteiger partial charge in [-0.15, -0.1) is 0 Å². The number of carboxylic acids is 1. The standard InChI is InChI=1S/C11H13NO3/c1-6-2-3-7(11(13)14)9-8(12)4-5-15-10(6)9/h2-3,8H,4-5,12H2,1H3,(H,13,14)/t8-/m0/s1. The van der Waals surface area contributed by atoms with Crippen LogP contribution in [0.25, 0.3) is 0 Å². The Kier molecular flexibility index (Phi) is 2.36. The Labute approximate surface area is 87.7 Å². The van der Waals surface area contributed by atoms with E-state index >= 15 is 0 Å². The first-order chi connectivity index (χ1) is 7.11. The lowest BCUT2D eigenvalue weighted by Crippen LogP contribution is -2.24. The summed E-state index contributed by atoms with van der Waals surface area (Å²) in [6.45, 7) is 2.45. The van der Waals surface area contributed by atoms with Gasteiger partial charge in [0.2, 0.25) is 0 Å². The summed E-state index contributed by atoms with van der Waals surface area (Å²) in [5.41, 5.74) is 7.73. The molecule has 0 fully saturated rings. The highest BCUT2D eigenvalue weighted by Crippen LogP contribution is 2.36. The number of hydrogen-bond acceptors (Lipinski definition) is 3. The molecule has 4 nitrogen and oxygen atoms in total. The SMILES string of the molecule is Cc1ccc(C(=O)O)c2c1OCC[C@@H]2N. The molecule has 0 aliphatic carbocycles. The van der Waals surface area contributed by atoms with Crippen molar-refractivity contribution in [3.63, 3.8) is 0 Å². The van der Waals surface area contributed by atoms with Crippen molar-refractivity contribution >= 4 is 5.97 Å². The van der Waals surface area contributed by atoms with Crippen LogP contribution in [0.3, 0.4) is 0 Å². The summed E-state index contributed by atoms with van der Waals surface area (Å²) in [6.07, 6.45) is 0.663. The van der Waals surface area contributed by atoms with Crippen molar-refractivity contribution in [2.24, 2.45) is 5.73 Å². The summed E-state index contributed by atoms with van der Waals surface area (Å²) in [5.74, 6) is -0.305. The first-order valence-corrected chi connectivity index (χ1v) is 4.86. The van der Waals surface area contributed by atoms with Gasteiger partial charge in [0.25, 0.3) is 0 Å². The van der Waals surface area contributed by atoms with Crippen LogP contribution in [0.5, 0.6) is 5.75 Å². The zero-order chi connectivity index (χ0) is 11.0. The number of aromatic carboxylic acids is 1. The Morgan fingerprint density at radius 3 is 3.00 bits per heavy atom. The van der Waals surface area contributed by atoms with Gasteiger partial charge < -0.3 is 15.6 Å². The molecule has 0 radical (unpaired) electrons. The monoisotopic (exact) mass is 207 g/mol. The molecule has 3 N–H and O–H groups in total. The van der Waals surface area contributed by atoms with E-state index in [9.17, 15) is 4.79 Å². The quantitative estimate of drug-likeness (QED) is 0.731. The molecule has 4 heteroatoms. The second kappa shape index (κ2) is 3.55. The summed E-state index contributed by atoms with van der Waals surface area (Å²) in [5, 5.41) is 9.04. The molecule has 0 amide bonds. The molecule has 0 aromatic heterocycles. The van der Waals surface area contributed by atoms with E-state index in [1.54, 1.807) is 12.1 Å². The molecular formula is C11H13NO3. The van der Waals surface area contributed by atoms with Gasteiger partial charge in [-0.3, -0.25) is 0 Å². The lowest BCUT2D eigenvalue weighted by Gasteiger charge is -2.25. The first kappa shape index (κ1) is 9.98. The molecular weight excluding hydrogens is 194 g/mol. The molecule has 1 heterocycles. The van der Waals surface area contributed by atoms with Crippen LogP contribution in [-0.4, -0.2) is 17.7 Å². The summed E-state index contributed by atoms with van der Waals surface area (Å²) in [7, 11) is 0. The molecule has 80 valence electrons. The number of carbonyl (C=O) groups is 1. The van der Waals surface area contributed by atoms with Gasteiger partial charge in [-0.1, -0.05) is 6.07 Å². The van der Waals surface area contributed by atoms with Gasteiger partial charge in [-0.05, 0) is 18.6 Å². The lowest BCUT2D eigenvalue weighted by molar-refractivity contribution is 0.0693. The normalized spacial score (nSPS) is 19.2. The molecule has 1 aliphatic rings. The lowest BCUT2D eigenvalue weighted by atomic mass is 9.93. The molecule has 1 atom stereocenters. The van der Waals surface area contributed by atoms with Crippen molar-refractivity contribution in [1.29, 1.82) is 0 Å². The molecule has 1 aliphatic heterocycles. The van der Waals surface area contributed by atoms with E-state index in [4.69, 9.17) is 15.6 Å². The average molecular weight is 207 g/mol. The molecule has 0 bridgehead atoms. The maximum Gasteiger partial charge on any atom is 0.336 e. The third-order valence-corrected chi connectivity index (χ3v) is 2.67. The van der Waals surface area contributed by atoms with Crippen LogP contribution in [0.4, 0.5) is 0 Å². The van der Waals surface area contributed by atoms with Gasteiger partial charge in [0.05, 0.1) is 12.2 Å². The fourth-order valence-corrected chi connectivity index (χ4v) is 1.89. The number of ether oxygens (including phenoxy) is 1. The Hall–Kier alpha value is -1.55. The van der Waals surface area contributed by atoms with E-state index in [1.807, 2.05) is 6.92 Å². The number of benzene rings is 1. The van der Waals surface area contributed by atoms with Gasteiger partial charge in [0.1, 0.15) is 5.75 Å². The van der Waals surface area contributed by atoms with Crippen LogP contribution in [0, 0.1) is 6.92 Å². The van der Waals surface area contributed by atoms with E-state index in [0.29, 0.717) is 24.3 Å². The zero-order valence-corrected chi connectivity index (χ0v) is 8.49. The predicted molar refractivity (Wildman–Crippen MR) is 55.2 cm³/mol. The second-order valence-corrected chi connectivity index (χ2v) is 3.72. The molecule has 0 unspecified atom stereocenters. The van der Waals surface area contributed by atoms with Crippen molar-refractivity contribution in [1.82, 2.24) is 0 Å². The van der Waals surface area contributed by atoms with E-state index in [0.717, 1.165) is 5.56 Å². The number of nitrogens with two attached hydrogens (primary N) is 1. The minimum absolute atomic E-state index is 0.236. The van der Waals surface area contributed by atoms with Crippen LogP contribution in [-0.2, 0) is 0 Å². The molecule has 0 saturated heterocycles. The molecule has 1 aromatic rings. The minimum atomic E-state index is -0.952. The number of carboxylic acid groups (broad SMARTS) is 1. The maximum absolute atomic E-state index is 11.0. The number of hydrogen-bond donors (Lipinski definition) is 2. The van der Waals surface area contributed by atoms with E-state index in [2.05, 4.69) is 0 Å². The smallest absolute Gasteiger partial charge is 0.336 e. The average Bonchev–Trinajstić information content (AvgIpc) is 2.19.